The van der Waals surface area contributed by atoms with E-state index >= 15 is 0 Å². The number of hydrogen-bond donors (Lipinski definition) is 0. The van der Waals surface area contributed by atoms with Crippen molar-refractivity contribution < 1.29 is 19.0 Å². The van der Waals surface area contributed by atoms with Crippen LogP contribution in [0.5, 0.6) is 5.75 Å². The number of rotatable bonds is 11. The molecule has 5 heteroatoms. The molecule has 0 fully saturated rings. The Morgan fingerprint density at radius 3 is 2.59 bits per heavy atom. The molecule has 0 aliphatic heterocycles. The quantitative estimate of drug-likeness (QED) is 0.245. The van der Waals surface area contributed by atoms with Gasteiger partial charge >= 0.3 is 0 Å². The highest BCUT2D eigenvalue weighted by Crippen LogP contribution is 2.25. The summed E-state index contributed by atoms with van der Waals surface area (Å²) in [5.74, 6) is 1.14. The molecule has 146 valence electrons. The minimum absolute atomic E-state index is 0.0248. The number of Topliss-reactive ketones (excluding diaryl/α,β-unsaturated/α-hetero) is 1. The number of ether oxygens (including phenoxy) is 3. The SMILES string of the molecule is C=C(OC)/C(=C\c1ccc(OC)c(C(=O)C(C)CN=C/C=C\CC)c1)OC. The highest BCUT2D eigenvalue weighted by atomic mass is 16.5. The van der Waals surface area contributed by atoms with Crippen molar-refractivity contribution in [2.24, 2.45) is 10.9 Å². The van der Waals surface area contributed by atoms with E-state index in [1.165, 1.54) is 7.11 Å². The third kappa shape index (κ3) is 6.77. The summed E-state index contributed by atoms with van der Waals surface area (Å²) in [4.78, 5) is 17.2. The van der Waals surface area contributed by atoms with Crippen LogP contribution < -0.4 is 4.74 Å². The van der Waals surface area contributed by atoms with E-state index in [1.54, 1.807) is 38.6 Å². The topological polar surface area (TPSA) is 57.1 Å². The second-order valence-electron chi connectivity index (χ2n) is 5.92. The molecule has 0 radical (unpaired) electrons. The maximum Gasteiger partial charge on any atom is 0.171 e. The number of carbonyl (C=O) groups excluding carboxylic acids is 1. The van der Waals surface area contributed by atoms with Crippen molar-refractivity contribution >= 4 is 18.1 Å². The van der Waals surface area contributed by atoms with Crippen LogP contribution >= 0.6 is 0 Å². The average molecular weight is 371 g/mol. The minimum atomic E-state index is -0.264. The van der Waals surface area contributed by atoms with Crippen molar-refractivity contribution in [3.63, 3.8) is 0 Å². The Kier molecular flexibility index (Phi) is 9.65. The molecule has 0 aliphatic carbocycles. The molecule has 0 saturated carbocycles. The third-order valence-corrected chi connectivity index (χ3v) is 3.92. The summed E-state index contributed by atoms with van der Waals surface area (Å²) < 4.78 is 15.8. The van der Waals surface area contributed by atoms with Crippen LogP contribution in [0.15, 0.2) is 53.4 Å². The number of allylic oxidation sites excluding steroid dienone is 2. The van der Waals surface area contributed by atoms with Gasteiger partial charge < -0.3 is 14.2 Å². The molecule has 1 rings (SSSR count). The van der Waals surface area contributed by atoms with E-state index in [0.29, 0.717) is 29.4 Å². The van der Waals surface area contributed by atoms with E-state index in [2.05, 4.69) is 18.5 Å². The number of methoxy groups -OCH3 is 3. The number of hydrogen-bond acceptors (Lipinski definition) is 5. The normalized spacial score (nSPS) is 13.0. The smallest absolute Gasteiger partial charge is 0.171 e. The summed E-state index contributed by atoms with van der Waals surface area (Å²) >= 11 is 0. The van der Waals surface area contributed by atoms with Gasteiger partial charge in [0.1, 0.15) is 5.75 Å². The van der Waals surface area contributed by atoms with Crippen LogP contribution in [0.2, 0.25) is 0 Å². The highest BCUT2D eigenvalue weighted by molar-refractivity contribution is 6.01. The van der Waals surface area contributed by atoms with E-state index in [0.717, 1.165) is 12.0 Å². The lowest BCUT2D eigenvalue weighted by Gasteiger charge is -2.13. The minimum Gasteiger partial charge on any atom is -0.496 e. The van der Waals surface area contributed by atoms with Crippen molar-refractivity contribution in [1.82, 2.24) is 0 Å². The van der Waals surface area contributed by atoms with Crippen LogP contribution in [-0.4, -0.2) is 39.9 Å². The van der Waals surface area contributed by atoms with Gasteiger partial charge in [0.2, 0.25) is 0 Å². The van der Waals surface area contributed by atoms with E-state index in [-0.39, 0.29) is 11.7 Å². The summed E-state index contributed by atoms with van der Waals surface area (Å²) in [6.07, 6.45) is 8.34. The highest BCUT2D eigenvalue weighted by Gasteiger charge is 2.19. The molecule has 0 N–H and O–H groups in total. The first-order valence-corrected chi connectivity index (χ1v) is 8.84. The molecule has 1 aromatic carbocycles. The van der Waals surface area contributed by atoms with Crippen molar-refractivity contribution in [3.8, 4) is 5.75 Å². The Morgan fingerprint density at radius 1 is 1.26 bits per heavy atom. The van der Waals surface area contributed by atoms with Gasteiger partial charge in [0.25, 0.3) is 0 Å². The van der Waals surface area contributed by atoms with Gasteiger partial charge in [-0.15, -0.1) is 0 Å². The first kappa shape index (κ1) is 22.2. The van der Waals surface area contributed by atoms with Crippen LogP contribution in [-0.2, 0) is 9.47 Å². The lowest BCUT2D eigenvalue weighted by atomic mass is 9.96. The van der Waals surface area contributed by atoms with Gasteiger partial charge in [0.15, 0.2) is 17.3 Å². The predicted molar refractivity (Wildman–Crippen MR) is 110 cm³/mol. The van der Waals surface area contributed by atoms with Crippen molar-refractivity contribution in [3.05, 3.63) is 59.6 Å². The van der Waals surface area contributed by atoms with Crippen LogP contribution in [0.4, 0.5) is 0 Å². The van der Waals surface area contributed by atoms with Crippen LogP contribution in [0, 0.1) is 5.92 Å². The zero-order valence-electron chi connectivity index (χ0n) is 16.8. The fourth-order valence-corrected chi connectivity index (χ4v) is 2.34. The van der Waals surface area contributed by atoms with Crippen molar-refractivity contribution in [2.75, 3.05) is 27.9 Å². The maximum atomic E-state index is 12.9. The predicted octanol–water partition coefficient (Wildman–Crippen LogP) is 4.70. The van der Waals surface area contributed by atoms with Gasteiger partial charge in [-0.25, -0.2) is 0 Å². The number of benzene rings is 1. The van der Waals surface area contributed by atoms with Crippen molar-refractivity contribution in [2.45, 2.75) is 20.3 Å². The molecule has 1 unspecified atom stereocenters. The lowest BCUT2D eigenvalue weighted by molar-refractivity contribution is 0.0931. The lowest BCUT2D eigenvalue weighted by Crippen LogP contribution is -2.15. The first-order chi connectivity index (χ1) is 13.0. The van der Waals surface area contributed by atoms with Gasteiger partial charge in [0.05, 0.1) is 26.9 Å². The molecule has 1 atom stereocenters. The molecule has 0 spiro atoms. The zero-order valence-corrected chi connectivity index (χ0v) is 16.8. The van der Waals surface area contributed by atoms with E-state index in [9.17, 15) is 4.79 Å². The summed E-state index contributed by atoms with van der Waals surface area (Å²) in [7, 11) is 4.61. The molecule has 0 amide bonds. The fraction of sp³-hybridized carbons (Fsp3) is 0.364. The summed E-state index contributed by atoms with van der Waals surface area (Å²) in [5, 5.41) is 0. The summed E-state index contributed by atoms with van der Waals surface area (Å²) in [6, 6.07) is 5.39. The third-order valence-electron chi connectivity index (χ3n) is 3.92. The van der Waals surface area contributed by atoms with Crippen LogP contribution in [0.3, 0.4) is 0 Å². The Labute approximate surface area is 162 Å². The Hall–Kier alpha value is -2.82. The monoisotopic (exact) mass is 371 g/mol. The fourth-order valence-electron chi connectivity index (χ4n) is 2.34. The second kappa shape index (κ2) is 11.7. The molecule has 5 nitrogen and oxygen atoms in total. The Balaban J connectivity index is 3.09. The summed E-state index contributed by atoms with van der Waals surface area (Å²) in [5.41, 5.74) is 1.30. The molecule has 27 heavy (non-hydrogen) atoms. The summed E-state index contributed by atoms with van der Waals surface area (Å²) in [6.45, 7) is 8.12. The number of carbonyl (C=O) groups is 1. The molecule has 0 saturated heterocycles. The second-order valence-corrected chi connectivity index (χ2v) is 5.92. The average Bonchev–Trinajstić information content (AvgIpc) is 2.70. The molecule has 0 bridgehead atoms. The number of aliphatic imine (C=N–C) groups is 1. The number of ketones is 1. The molecule has 0 aliphatic rings. The largest absolute Gasteiger partial charge is 0.496 e. The van der Waals surface area contributed by atoms with Gasteiger partial charge in [0, 0.05) is 18.7 Å². The van der Waals surface area contributed by atoms with Crippen molar-refractivity contribution in [1.29, 1.82) is 0 Å². The van der Waals surface area contributed by atoms with Gasteiger partial charge in [-0.05, 0) is 36.3 Å². The Morgan fingerprint density at radius 2 is 2.00 bits per heavy atom. The zero-order chi connectivity index (χ0) is 20.2. The van der Waals surface area contributed by atoms with E-state index in [1.807, 2.05) is 25.1 Å². The first-order valence-electron chi connectivity index (χ1n) is 8.84. The molecular weight excluding hydrogens is 342 g/mol. The van der Waals surface area contributed by atoms with Crippen LogP contribution in [0.25, 0.3) is 6.08 Å². The number of nitrogens with zero attached hydrogens (tertiary/aromatic N) is 1. The standard InChI is InChI=1S/C22H29NO4/c1-7-8-9-12-23-15-16(2)22(24)19-13-18(10-11-20(19)26-5)14-21(27-6)17(3)25-4/h8-14,16H,3,7,15H2,1-2,4-6H3/b9-8-,21-14+,23-12?. The van der Waals surface area contributed by atoms with Gasteiger partial charge in [-0.3, -0.25) is 9.79 Å². The van der Waals surface area contributed by atoms with Gasteiger partial charge in [-0.2, -0.15) is 0 Å². The van der Waals surface area contributed by atoms with E-state index < -0.39 is 0 Å². The molecule has 0 aromatic heterocycles. The molecule has 1 aromatic rings. The Bertz CT molecular complexity index is 732. The molecule has 0 heterocycles. The van der Waals surface area contributed by atoms with Gasteiger partial charge in [-0.1, -0.05) is 32.6 Å². The van der Waals surface area contributed by atoms with E-state index in [4.69, 9.17) is 14.2 Å². The maximum absolute atomic E-state index is 12.9. The molecular formula is C22H29NO4. The van der Waals surface area contributed by atoms with Crippen LogP contribution in [0.1, 0.15) is 36.2 Å².